The number of aryl methyl sites for hydroxylation is 2. The molecule has 0 amide bonds. The Balaban J connectivity index is 1.52. The second-order valence-electron chi connectivity index (χ2n) is 9.96. The Morgan fingerprint density at radius 1 is 1.17 bits per heavy atom. The molecule has 4 heterocycles. The standard InChI is InChI=1S/C27H29N3O5/c1-4-27(33)19-12-21-24-17(13-30(21)25(31)18(19)14-35-26(27)32)15-6-5-7-16-22(34-11-10-29(2)3)9-8-20(28-24)23(15)16/h8-9,12,33H,4-7,10-11,13-14H2,1-3H3. The smallest absolute Gasteiger partial charge is 0.343 e. The number of pyridine rings is 2. The number of likely N-dealkylation sites (N-methyl/N-ethyl adjacent to an activating group) is 1. The molecule has 1 aliphatic carbocycles. The molecule has 0 radical (unpaired) electrons. The van der Waals surface area contributed by atoms with E-state index in [-0.39, 0.29) is 18.6 Å². The van der Waals surface area contributed by atoms with Gasteiger partial charge in [-0.3, -0.25) is 4.79 Å². The molecule has 0 saturated heterocycles. The molecule has 3 aliphatic rings. The average Bonchev–Trinajstić information content (AvgIpc) is 3.22. The van der Waals surface area contributed by atoms with Gasteiger partial charge in [-0.2, -0.15) is 0 Å². The third kappa shape index (κ3) is 3.16. The van der Waals surface area contributed by atoms with E-state index in [1.807, 2.05) is 26.2 Å². The average molecular weight is 476 g/mol. The Hall–Kier alpha value is -3.23. The van der Waals surface area contributed by atoms with E-state index in [0.29, 0.717) is 30.0 Å². The highest BCUT2D eigenvalue weighted by molar-refractivity contribution is 5.93. The van der Waals surface area contributed by atoms with Gasteiger partial charge in [0.05, 0.1) is 29.0 Å². The summed E-state index contributed by atoms with van der Waals surface area (Å²) in [5, 5.41) is 12.2. The van der Waals surface area contributed by atoms with E-state index in [2.05, 4.69) is 4.90 Å². The number of esters is 1. The number of hydrogen-bond acceptors (Lipinski definition) is 7. The fourth-order valence-corrected chi connectivity index (χ4v) is 5.76. The lowest BCUT2D eigenvalue weighted by Gasteiger charge is -2.31. The third-order valence-corrected chi connectivity index (χ3v) is 7.68. The van der Waals surface area contributed by atoms with E-state index in [1.54, 1.807) is 17.6 Å². The highest BCUT2D eigenvalue weighted by atomic mass is 16.6. The van der Waals surface area contributed by atoms with Crippen molar-refractivity contribution in [2.45, 2.75) is 51.4 Å². The highest BCUT2D eigenvalue weighted by Crippen LogP contribution is 2.43. The van der Waals surface area contributed by atoms with Crippen molar-refractivity contribution < 1.29 is 19.4 Å². The van der Waals surface area contributed by atoms with Gasteiger partial charge in [0.25, 0.3) is 5.56 Å². The molecule has 1 atom stereocenters. The van der Waals surface area contributed by atoms with Gasteiger partial charge in [0.1, 0.15) is 19.0 Å². The van der Waals surface area contributed by atoms with Crippen LogP contribution in [-0.2, 0) is 41.1 Å². The molecule has 2 aliphatic heterocycles. The number of aliphatic hydroxyl groups is 1. The normalized spacial score (nSPS) is 20.0. The molecule has 35 heavy (non-hydrogen) atoms. The number of nitrogens with zero attached hydrogens (tertiary/aromatic N) is 3. The number of rotatable bonds is 5. The van der Waals surface area contributed by atoms with Gasteiger partial charge >= 0.3 is 5.97 Å². The van der Waals surface area contributed by atoms with Crippen molar-refractivity contribution in [3.8, 4) is 17.1 Å². The van der Waals surface area contributed by atoms with Crippen molar-refractivity contribution in [1.29, 1.82) is 0 Å². The summed E-state index contributed by atoms with van der Waals surface area (Å²) in [5.74, 6) is 0.205. The molecule has 2 aromatic heterocycles. The molecule has 0 saturated carbocycles. The van der Waals surface area contributed by atoms with Crippen LogP contribution in [0.2, 0.25) is 0 Å². The number of hydrogen-bond donors (Lipinski definition) is 1. The lowest BCUT2D eigenvalue weighted by Crippen LogP contribution is -2.44. The van der Waals surface area contributed by atoms with Crippen molar-refractivity contribution >= 4 is 16.9 Å². The minimum absolute atomic E-state index is 0.119. The number of carbonyl (C=O) groups is 1. The predicted octanol–water partition coefficient (Wildman–Crippen LogP) is 2.51. The first-order valence-electron chi connectivity index (χ1n) is 12.3. The maximum atomic E-state index is 13.5. The monoisotopic (exact) mass is 475 g/mol. The van der Waals surface area contributed by atoms with Gasteiger partial charge in [-0.25, -0.2) is 9.78 Å². The summed E-state index contributed by atoms with van der Waals surface area (Å²) in [4.78, 5) is 33.0. The molecule has 0 bridgehead atoms. The summed E-state index contributed by atoms with van der Waals surface area (Å²) in [5.41, 5.74) is 4.43. The van der Waals surface area contributed by atoms with Crippen LogP contribution in [0.1, 0.15) is 47.6 Å². The van der Waals surface area contributed by atoms with Gasteiger partial charge < -0.3 is 24.0 Å². The largest absolute Gasteiger partial charge is 0.492 e. The topological polar surface area (TPSA) is 93.9 Å². The Morgan fingerprint density at radius 2 is 1.97 bits per heavy atom. The lowest BCUT2D eigenvalue weighted by atomic mass is 9.85. The minimum atomic E-state index is -1.82. The van der Waals surface area contributed by atoms with Crippen LogP contribution >= 0.6 is 0 Å². The minimum Gasteiger partial charge on any atom is -0.492 e. The second kappa shape index (κ2) is 7.90. The van der Waals surface area contributed by atoms with Crippen LogP contribution in [0.5, 0.6) is 5.75 Å². The van der Waals surface area contributed by atoms with Crippen molar-refractivity contribution in [1.82, 2.24) is 14.5 Å². The Labute approximate surface area is 203 Å². The van der Waals surface area contributed by atoms with Gasteiger partial charge in [-0.15, -0.1) is 0 Å². The Kier molecular flexibility index (Phi) is 5.02. The zero-order valence-electron chi connectivity index (χ0n) is 20.3. The molecule has 0 fully saturated rings. The van der Waals surface area contributed by atoms with E-state index < -0.39 is 11.6 Å². The molecular formula is C27H29N3O5. The van der Waals surface area contributed by atoms with Crippen LogP contribution in [0.4, 0.5) is 0 Å². The zero-order chi connectivity index (χ0) is 24.5. The summed E-state index contributed by atoms with van der Waals surface area (Å²) in [6.45, 7) is 3.48. The van der Waals surface area contributed by atoms with Crippen molar-refractivity contribution in [2.75, 3.05) is 27.2 Å². The summed E-state index contributed by atoms with van der Waals surface area (Å²) < 4.78 is 13.0. The van der Waals surface area contributed by atoms with Crippen molar-refractivity contribution in [3.63, 3.8) is 0 Å². The van der Waals surface area contributed by atoms with Gasteiger partial charge in [-0.1, -0.05) is 6.92 Å². The molecule has 0 spiro atoms. The first-order valence-corrected chi connectivity index (χ1v) is 12.3. The maximum Gasteiger partial charge on any atom is 0.343 e. The fraction of sp³-hybridized carbons (Fsp3) is 0.444. The molecule has 3 aromatic rings. The van der Waals surface area contributed by atoms with Gasteiger partial charge in [0.15, 0.2) is 5.60 Å². The zero-order valence-corrected chi connectivity index (χ0v) is 20.3. The van der Waals surface area contributed by atoms with Crippen LogP contribution in [-0.4, -0.2) is 52.8 Å². The van der Waals surface area contributed by atoms with Crippen LogP contribution in [0.15, 0.2) is 23.0 Å². The molecule has 6 rings (SSSR count). The summed E-state index contributed by atoms with van der Waals surface area (Å²) in [6, 6.07) is 5.78. The number of carbonyl (C=O) groups excluding carboxylic acids is 1. The van der Waals surface area contributed by atoms with Crippen molar-refractivity contribution in [3.05, 3.63) is 56.4 Å². The summed E-state index contributed by atoms with van der Waals surface area (Å²) in [6.07, 6.45) is 2.99. The second-order valence-corrected chi connectivity index (χ2v) is 9.96. The summed E-state index contributed by atoms with van der Waals surface area (Å²) in [7, 11) is 4.06. The SMILES string of the molecule is CCC1(O)C(=O)OCc2c1cc1n(c2=O)Cc2c-1nc1ccc(OCCN(C)C)c3c1c2CCC3. The van der Waals surface area contributed by atoms with Crippen LogP contribution < -0.4 is 10.3 Å². The highest BCUT2D eigenvalue weighted by Gasteiger charge is 2.45. The van der Waals surface area contributed by atoms with E-state index in [1.165, 1.54) is 11.1 Å². The molecule has 8 heteroatoms. The van der Waals surface area contributed by atoms with Crippen LogP contribution in [0.3, 0.4) is 0 Å². The quantitative estimate of drug-likeness (QED) is 0.443. The fourth-order valence-electron chi connectivity index (χ4n) is 5.76. The van der Waals surface area contributed by atoms with E-state index in [9.17, 15) is 14.7 Å². The van der Waals surface area contributed by atoms with Gasteiger partial charge in [0, 0.05) is 28.6 Å². The molecule has 1 aromatic carbocycles. The van der Waals surface area contributed by atoms with Crippen molar-refractivity contribution in [2.24, 2.45) is 0 Å². The lowest BCUT2D eigenvalue weighted by molar-refractivity contribution is -0.172. The number of ether oxygens (including phenoxy) is 2. The summed E-state index contributed by atoms with van der Waals surface area (Å²) >= 11 is 0. The number of aromatic nitrogens is 2. The molecular weight excluding hydrogens is 446 g/mol. The predicted molar refractivity (Wildman–Crippen MR) is 131 cm³/mol. The molecule has 182 valence electrons. The Morgan fingerprint density at radius 3 is 2.74 bits per heavy atom. The molecule has 1 N–H and O–H groups in total. The van der Waals surface area contributed by atoms with Gasteiger partial charge in [0.2, 0.25) is 0 Å². The first-order chi connectivity index (χ1) is 16.8. The van der Waals surface area contributed by atoms with E-state index in [4.69, 9.17) is 14.5 Å². The number of fused-ring (bicyclic) bond motifs is 5. The van der Waals surface area contributed by atoms with E-state index >= 15 is 0 Å². The molecule has 8 nitrogen and oxygen atoms in total. The Bertz CT molecular complexity index is 1460. The van der Waals surface area contributed by atoms with Gasteiger partial charge in [-0.05, 0) is 63.5 Å². The maximum absolute atomic E-state index is 13.5. The van der Waals surface area contributed by atoms with Crippen LogP contribution in [0, 0.1) is 0 Å². The third-order valence-electron chi connectivity index (χ3n) is 7.68. The number of benzene rings is 1. The number of cyclic esters (lactones) is 1. The van der Waals surface area contributed by atoms with E-state index in [0.717, 1.165) is 53.7 Å². The first kappa shape index (κ1) is 22.2. The molecule has 1 unspecified atom stereocenters. The van der Waals surface area contributed by atoms with Crippen LogP contribution in [0.25, 0.3) is 22.3 Å².